The van der Waals surface area contributed by atoms with Crippen molar-refractivity contribution in [2.45, 2.75) is 6.92 Å². The molecule has 8 heteroatoms. The lowest BCUT2D eigenvalue weighted by molar-refractivity contribution is -0.138. The van der Waals surface area contributed by atoms with Crippen LogP contribution in [0.1, 0.15) is 23.0 Å². The Kier molecular flexibility index (Phi) is 6.23. The van der Waals surface area contributed by atoms with E-state index in [0.29, 0.717) is 17.1 Å². The van der Waals surface area contributed by atoms with Crippen molar-refractivity contribution in [1.82, 2.24) is 4.90 Å². The van der Waals surface area contributed by atoms with Crippen LogP contribution in [-0.2, 0) is 14.3 Å². The first-order valence-electron chi connectivity index (χ1n) is 9.11. The van der Waals surface area contributed by atoms with Crippen LogP contribution in [0.3, 0.4) is 0 Å². The number of nitrogens with zero attached hydrogens (tertiary/aromatic N) is 2. The Labute approximate surface area is 183 Å². The molecule has 0 saturated carbocycles. The Morgan fingerprint density at radius 3 is 2.71 bits per heavy atom. The summed E-state index contributed by atoms with van der Waals surface area (Å²) in [5, 5.41) is 9.48. The summed E-state index contributed by atoms with van der Waals surface area (Å²) in [7, 11) is 1.32. The molecule has 0 radical (unpaired) electrons. The molecule has 0 saturated heterocycles. The van der Waals surface area contributed by atoms with Crippen molar-refractivity contribution >= 4 is 35.5 Å². The van der Waals surface area contributed by atoms with Gasteiger partial charge in [0, 0.05) is 18.2 Å². The van der Waals surface area contributed by atoms with Gasteiger partial charge in [-0.05, 0) is 48.9 Å². The van der Waals surface area contributed by atoms with Gasteiger partial charge in [0.15, 0.2) is 0 Å². The molecule has 3 rings (SSSR count). The Balaban J connectivity index is 1.97. The Morgan fingerprint density at radius 1 is 1.29 bits per heavy atom. The number of likely N-dealkylation sites (N-methyl/N-ethyl adjacent to an activating group) is 1. The Hall–Kier alpha value is -3.89. The van der Waals surface area contributed by atoms with Crippen LogP contribution in [0.15, 0.2) is 64.1 Å². The highest BCUT2D eigenvalue weighted by Gasteiger charge is 2.33. The minimum absolute atomic E-state index is 0.0559. The van der Waals surface area contributed by atoms with Gasteiger partial charge in [0.1, 0.15) is 29.8 Å². The van der Waals surface area contributed by atoms with Gasteiger partial charge in [0.05, 0.1) is 10.6 Å². The van der Waals surface area contributed by atoms with E-state index in [-0.39, 0.29) is 33.9 Å². The Bertz CT molecular complexity index is 1210. The molecule has 1 aliphatic rings. The van der Waals surface area contributed by atoms with Crippen LogP contribution in [-0.4, -0.2) is 36.3 Å². The first-order chi connectivity index (χ1) is 14.8. The fourth-order valence-corrected chi connectivity index (χ4v) is 3.17. The molecule has 0 fully saturated rings. The largest absolute Gasteiger partial charge is 0.458 e. The van der Waals surface area contributed by atoms with Gasteiger partial charge < -0.3 is 9.15 Å². The van der Waals surface area contributed by atoms with E-state index in [1.165, 1.54) is 26.1 Å². The molecule has 156 valence electrons. The van der Waals surface area contributed by atoms with E-state index in [1.54, 1.807) is 30.3 Å². The molecule has 0 aliphatic carbocycles. The lowest BCUT2D eigenvalue weighted by Gasteiger charge is -2.23. The van der Waals surface area contributed by atoms with E-state index in [9.17, 15) is 19.6 Å². The fraction of sp³-hybridized carbons (Fsp3) is 0.130. The average Bonchev–Trinajstić information content (AvgIpc) is 3.23. The zero-order chi connectivity index (χ0) is 22.7. The number of hydrogen-bond donors (Lipinski definition) is 0. The van der Waals surface area contributed by atoms with E-state index >= 15 is 0 Å². The number of nitriles is 1. The van der Waals surface area contributed by atoms with Gasteiger partial charge in [-0.15, -0.1) is 0 Å². The van der Waals surface area contributed by atoms with Crippen molar-refractivity contribution < 1.29 is 23.5 Å². The molecule has 2 aromatic rings. The zero-order valence-electron chi connectivity index (χ0n) is 16.8. The summed E-state index contributed by atoms with van der Waals surface area (Å²) in [5.74, 6) is -0.997. The topological polar surface area (TPSA) is 101 Å². The second kappa shape index (κ2) is 8.86. The maximum atomic E-state index is 12.5. The van der Waals surface area contributed by atoms with Gasteiger partial charge in [-0.25, -0.2) is 4.79 Å². The molecule has 31 heavy (non-hydrogen) atoms. The maximum absolute atomic E-state index is 12.5. The van der Waals surface area contributed by atoms with Gasteiger partial charge >= 0.3 is 5.97 Å². The number of carbonyl (C=O) groups excluding carboxylic acids is 3. The van der Waals surface area contributed by atoms with E-state index in [2.05, 4.69) is 6.58 Å². The number of carbonyl (C=O) groups is 3. The van der Waals surface area contributed by atoms with Gasteiger partial charge in [0.2, 0.25) is 0 Å². The minimum Gasteiger partial charge on any atom is -0.458 e. The number of furan rings is 1. The third-order valence-corrected chi connectivity index (χ3v) is 4.99. The van der Waals surface area contributed by atoms with Crippen LogP contribution in [0.4, 0.5) is 0 Å². The lowest BCUT2D eigenvalue weighted by atomic mass is 9.95. The molecule has 1 aromatic carbocycles. The first-order valence-corrected chi connectivity index (χ1v) is 9.49. The third kappa shape index (κ3) is 4.20. The van der Waals surface area contributed by atoms with E-state index in [0.717, 1.165) is 4.90 Å². The highest BCUT2D eigenvalue weighted by Crippen LogP contribution is 2.30. The highest BCUT2D eigenvalue weighted by molar-refractivity contribution is 6.33. The molecular weight excluding hydrogens is 420 g/mol. The highest BCUT2D eigenvalue weighted by atomic mass is 35.5. The molecule has 0 unspecified atom stereocenters. The molecular formula is C23H17ClN2O5. The summed E-state index contributed by atoms with van der Waals surface area (Å²) in [4.78, 5) is 37.6. The quantitative estimate of drug-likeness (QED) is 0.302. The summed E-state index contributed by atoms with van der Waals surface area (Å²) in [5.41, 5.74) is 1.13. The molecule has 2 heterocycles. The van der Waals surface area contributed by atoms with Crippen molar-refractivity contribution in [2.75, 3.05) is 13.7 Å². The lowest BCUT2D eigenvalue weighted by Crippen LogP contribution is -2.39. The maximum Gasteiger partial charge on any atom is 0.339 e. The molecule has 1 aromatic heterocycles. The van der Waals surface area contributed by atoms with Crippen LogP contribution in [0.25, 0.3) is 17.4 Å². The Morgan fingerprint density at radius 2 is 2.03 bits per heavy atom. The van der Waals surface area contributed by atoms with E-state index < -0.39 is 17.8 Å². The predicted molar refractivity (Wildman–Crippen MR) is 114 cm³/mol. The van der Waals surface area contributed by atoms with Crippen molar-refractivity contribution in [3.63, 3.8) is 0 Å². The molecule has 0 atom stereocenters. The molecule has 0 bridgehead atoms. The van der Waals surface area contributed by atoms with Crippen LogP contribution in [0, 0.1) is 11.3 Å². The second-order valence-corrected chi connectivity index (χ2v) is 7.03. The fourth-order valence-electron chi connectivity index (χ4n) is 2.97. The van der Waals surface area contributed by atoms with Gasteiger partial charge in [-0.1, -0.05) is 24.3 Å². The first kappa shape index (κ1) is 21.8. The number of esters is 1. The number of imide groups is 1. The summed E-state index contributed by atoms with van der Waals surface area (Å²) >= 11 is 6.11. The molecule has 2 amide bonds. The molecule has 7 nitrogen and oxygen atoms in total. The van der Waals surface area contributed by atoms with E-state index in [4.69, 9.17) is 20.8 Å². The van der Waals surface area contributed by atoms with Crippen LogP contribution < -0.4 is 0 Å². The second-order valence-electron chi connectivity index (χ2n) is 6.62. The SMILES string of the molecule is C=CCOC(=O)c1cc(-c2ccc(C=C3C(=O)N(C)C(=O)C(C#N)=C3C)o2)ccc1Cl. The van der Waals surface area contributed by atoms with Crippen molar-refractivity contribution in [3.05, 3.63) is 76.1 Å². The van der Waals surface area contributed by atoms with Gasteiger partial charge in [-0.2, -0.15) is 5.26 Å². The summed E-state index contributed by atoms with van der Waals surface area (Å²) < 4.78 is 10.8. The normalized spacial score (nSPS) is 15.3. The van der Waals surface area contributed by atoms with Crippen LogP contribution >= 0.6 is 11.6 Å². The van der Waals surface area contributed by atoms with Crippen LogP contribution in [0.2, 0.25) is 5.02 Å². The molecule has 0 spiro atoms. The standard InChI is InChI=1S/C23H17ClN2O5/c1-4-9-30-23(29)17-10-14(5-7-19(17)24)20-8-6-15(31-20)11-16-13(2)18(12-25)22(28)26(3)21(16)27/h4-8,10-11H,1,9H2,2-3H3. The number of benzene rings is 1. The average molecular weight is 437 g/mol. The van der Waals surface area contributed by atoms with Crippen molar-refractivity contribution in [2.24, 2.45) is 0 Å². The predicted octanol–water partition coefficient (Wildman–Crippen LogP) is 4.16. The van der Waals surface area contributed by atoms with E-state index in [1.807, 2.05) is 6.07 Å². The number of halogens is 1. The van der Waals surface area contributed by atoms with Crippen molar-refractivity contribution in [1.29, 1.82) is 5.26 Å². The van der Waals surface area contributed by atoms with Crippen molar-refractivity contribution in [3.8, 4) is 17.4 Å². The number of amides is 2. The smallest absolute Gasteiger partial charge is 0.339 e. The monoisotopic (exact) mass is 436 g/mol. The number of ether oxygens (including phenoxy) is 1. The third-order valence-electron chi connectivity index (χ3n) is 4.66. The molecule has 0 N–H and O–H groups in total. The summed E-state index contributed by atoms with van der Waals surface area (Å²) in [6.07, 6.45) is 2.92. The molecule has 1 aliphatic heterocycles. The van der Waals surface area contributed by atoms with Gasteiger partial charge in [0.25, 0.3) is 11.8 Å². The minimum atomic E-state index is -0.640. The zero-order valence-corrected chi connectivity index (χ0v) is 17.5. The van der Waals surface area contributed by atoms with Gasteiger partial charge in [-0.3, -0.25) is 14.5 Å². The number of rotatable bonds is 5. The summed E-state index contributed by atoms with van der Waals surface area (Å²) in [6, 6.07) is 9.92. The summed E-state index contributed by atoms with van der Waals surface area (Å²) in [6.45, 7) is 5.09. The van der Waals surface area contributed by atoms with Crippen LogP contribution in [0.5, 0.6) is 0 Å². The number of hydrogen-bond acceptors (Lipinski definition) is 6.